The molecule has 3 aromatic carbocycles. The SMILES string of the molecule is C[C@@H]1CN(CC2CCN(CC(=O)N3CCN(C(=O)c4cc(Cc5n[nH]c(=O)c6ccccc56)ccc4F)CC3)CC2)C[C@H](C)N1C(=O)[C@H](NC(=O)c1cccc([C@@H]2CCCN(C(=O)C34CC(C3)C4)C2)c1)C1CCCCC1. The number of hydrogen-bond acceptors (Lipinski definition) is 9. The molecular weight excluding hydrogens is 962 g/mol. The molecule has 5 amide bonds. The van der Waals surface area contributed by atoms with Crippen LogP contribution in [0.4, 0.5) is 4.39 Å². The van der Waals surface area contributed by atoms with Gasteiger partial charge in [-0.25, -0.2) is 9.49 Å². The number of amides is 5. The number of rotatable bonds is 13. The van der Waals surface area contributed by atoms with Crippen LogP contribution >= 0.6 is 0 Å². The van der Waals surface area contributed by atoms with E-state index in [1.165, 1.54) is 6.07 Å². The summed E-state index contributed by atoms with van der Waals surface area (Å²) < 4.78 is 15.2. The molecule has 4 aliphatic carbocycles. The number of halogens is 1. The summed E-state index contributed by atoms with van der Waals surface area (Å²) in [5, 5.41) is 11.3. The predicted molar refractivity (Wildman–Crippen MR) is 288 cm³/mol. The predicted octanol–water partition coefficient (Wildman–Crippen LogP) is 6.46. The average Bonchev–Trinajstić information content (AvgIpc) is 3.43. The number of piperidine rings is 2. The first kappa shape index (κ1) is 52.1. The van der Waals surface area contributed by atoms with E-state index in [4.69, 9.17) is 0 Å². The lowest BCUT2D eigenvalue weighted by atomic mass is 9.44. The van der Waals surface area contributed by atoms with Crippen LogP contribution in [-0.4, -0.2) is 166 Å². The van der Waals surface area contributed by atoms with E-state index in [0.717, 1.165) is 128 Å². The van der Waals surface area contributed by atoms with Crippen LogP contribution in [0.15, 0.2) is 71.5 Å². The molecule has 404 valence electrons. The van der Waals surface area contributed by atoms with Crippen LogP contribution in [-0.2, 0) is 20.8 Å². The second-order valence-corrected chi connectivity index (χ2v) is 23.9. The molecule has 0 unspecified atom stereocenters. The van der Waals surface area contributed by atoms with Crippen molar-refractivity contribution in [3.8, 4) is 0 Å². The van der Waals surface area contributed by atoms with Crippen molar-refractivity contribution >= 4 is 40.3 Å². The monoisotopic (exact) mass is 1040 g/mol. The van der Waals surface area contributed by atoms with Crippen molar-refractivity contribution in [2.75, 3.05) is 78.5 Å². The van der Waals surface area contributed by atoms with Crippen LogP contribution in [0, 0.1) is 29.0 Å². The number of H-pyrrole nitrogens is 1. The van der Waals surface area contributed by atoms with Crippen LogP contribution < -0.4 is 10.9 Å². The van der Waals surface area contributed by atoms with Crippen LogP contribution in [0.1, 0.15) is 134 Å². The van der Waals surface area contributed by atoms with Gasteiger partial charge in [0, 0.05) is 94.3 Å². The Morgan fingerprint density at radius 2 is 1.45 bits per heavy atom. The number of aromatic amines is 1. The molecule has 76 heavy (non-hydrogen) atoms. The van der Waals surface area contributed by atoms with Crippen molar-refractivity contribution in [1.82, 2.24) is 44.9 Å². The van der Waals surface area contributed by atoms with Gasteiger partial charge in [0.2, 0.25) is 17.7 Å². The molecule has 4 atom stereocenters. The number of nitrogens with zero attached hydrogens (tertiary/aromatic N) is 7. The summed E-state index contributed by atoms with van der Waals surface area (Å²) in [4.78, 5) is 94.4. The summed E-state index contributed by atoms with van der Waals surface area (Å²) >= 11 is 0. The first-order chi connectivity index (χ1) is 36.8. The third-order valence-electron chi connectivity index (χ3n) is 18.7. The zero-order valence-corrected chi connectivity index (χ0v) is 44.5. The number of aromatic nitrogens is 2. The highest BCUT2D eigenvalue weighted by molar-refractivity contribution is 5.98. The number of nitrogens with one attached hydrogen (secondary N) is 2. The van der Waals surface area contributed by atoms with Crippen LogP contribution in [0.5, 0.6) is 0 Å². The van der Waals surface area contributed by atoms with E-state index in [1.807, 2.05) is 35.2 Å². The van der Waals surface area contributed by atoms with Crippen LogP contribution in [0.25, 0.3) is 10.8 Å². The van der Waals surface area contributed by atoms with Gasteiger partial charge >= 0.3 is 0 Å². The summed E-state index contributed by atoms with van der Waals surface area (Å²) in [7, 11) is 0. The first-order valence-electron chi connectivity index (χ1n) is 28.6. The molecule has 4 saturated carbocycles. The van der Waals surface area contributed by atoms with E-state index >= 15 is 4.39 Å². The number of likely N-dealkylation sites (tertiary alicyclic amines) is 2. The summed E-state index contributed by atoms with van der Waals surface area (Å²) in [5.74, 6) is 0.721. The number of hydrogen-bond donors (Lipinski definition) is 2. The summed E-state index contributed by atoms with van der Waals surface area (Å²) in [6.45, 7) is 11.7. The fourth-order valence-electron chi connectivity index (χ4n) is 14.4. The van der Waals surface area contributed by atoms with Crippen molar-refractivity contribution < 1.29 is 28.4 Å². The molecule has 15 nitrogen and oxygen atoms in total. The Morgan fingerprint density at radius 1 is 0.737 bits per heavy atom. The second-order valence-electron chi connectivity index (χ2n) is 23.9. The molecule has 2 bridgehead atoms. The largest absolute Gasteiger partial charge is 0.342 e. The zero-order chi connectivity index (χ0) is 52.7. The standard InChI is InChI=1S/C60H76FN9O6/c1-39-34-66(35-40(2)70(39)58(75)54(44-10-4-3-5-11-44)62-55(72)46-13-8-12-45(30-46)47-14-9-21-69(37-47)59(76)60-31-43(32-60)33-60)36-41-19-22-65(23-20-41)38-53(71)67-24-26-68(27-25-67)57(74)50-28-42(17-18-51(50)61)29-52-48-15-6-7-16-49(48)56(73)64-63-52/h6-8,12-13,15-18,28,30,39-41,43-44,47,54H,3-5,9-11,14,19-27,29,31-38H2,1-2H3,(H,62,72)(H,64,73)/t39-,40+,43?,47-,54-,60?/m1/s1. The summed E-state index contributed by atoms with van der Waals surface area (Å²) in [6.07, 6.45) is 12.5. The number of fused-ring (bicyclic) bond motifs is 1. The van der Waals surface area contributed by atoms with Gasteiger partial charge in [-0.1, -0.05) is 55.7 Å². The Balaban J connectivity index is 0.636. The van der Waals surface area contributed by atoms with Crippen molar-refractivity contribution in [3.05, 3.63) is 111 Å². The normalized spacial score (nSPS) is 26.1. The lowest BCUT2D eigenvalue weighted by Gasteiger charge is -2.61. The smallest absolute Gasteiger partial charge is 0.272 e. The quantitative estimate of drug-likeness (QED) is 0.153. The maximum Gasteiger partial charge on any atom is 0.272 e. The van der Waals surface area contributed by atoms with Gasteiger partial charge in [-0.15, -0.1) is 0 Å². The average molecular weight is 1040 g/mol. The molecule has 16 heteroatoms. The van der Waals surface area contributed by atoms with E-state index in [2.05, 4.69) is 55.0 Å². The molecular formula is C60H76FN9O6. The Hall–Kier alpha value is -6.00. The minimum atomic E-state index is -0.604. The van der Waals surface area contributed by atoms with Gasteiger partial charge in [0.25, 0.3) is 17.4 Å². The van der Waals surface area contributed by atoms with E-state index in [-0.39, 0.29) is 58.2 Å². The summed E-state index contributed by atoms with van der Waals surface area (Å²) in [5.41, 5.74) is 2.61. The van der Waals surface area contributed by atoms with Gasteiger partial charge in [-0.2, -0.15) is 5.10 Å². The minimum absolute atomic E-state index is 0.0188. The second kappa shape index (κ2) is 22.2. The van der Waals surface area contributed by atoms with Gasteiger partial charge in [-0.3, -0.25) is 38.6 Å². The molecule has 5 heterocycles. The lowest BCUT2D eigenvalue weighted by Crippen LogP contribution is -2.64. The fourth-order valence-corrected chi connectivity index (χ4v) is 14.4. The zero-order valence-electron chi connectivity index (χ0n) is 44.5. The maximum atomic E-state index is 15.2. The third-order valence-corrected chi connectivity index (χ3v) is 18.7. The van der Waals surface area contributed by atoms with Gasteiger partial charge in [0.15, 0.2) is 0 Å². The van der Waals surface area contributed by atoms with Gasteiger partial charge < -0.3 is 24.9 Å². The Bertz CT molecular complexity index is 2860. The molecule has 4 aromatic rings. The number of benzene rings is 3. The van der Waals surface area contributed by atoms with Crippen molar-refractivity contribution in [2.45, 2.75) is 121 Å². The van der Waals surface area contributed by atoms with Crippen molar-refractivity contribution in [2.24, 2.45) is 23.2 Å². The van der Waals surface area contributed by atoms with Crippen LogP contribution in [0.3, 0.4) is 0 Å². The van der Waals surface area contributed by atoms with Crippen molar-refractivity contribution in [1.29, 1.82) is 0 Å². The van der Waals surface area contributed by atoms with Gasteiger partial charge in [-0.05, 0) is 144 Å². The minimum Gasteiger partial charge on any atom is -0.342 e. The third kappa shape index (κ3) is 10.8. The topological polar surface area (TPSA) is 163 Å². The number of carbonyl (C=O) groups is 5. The van der Waals surface area contributed by atoms with Gasteiger partial charge in [0.1, 0.15) is 11.9 Å². The van der Waals surface area contributed by atoms with E-state index < -0.39 is 17.8 Å². The summed E-state index contributed by atoms with van der Waals surface area (Å²) in [6, 6.07) is 19.0. The highest BCUT2D eigenvalue weighted by Gasteiger charge is 2.62. The highest BCUT2D eigenvalue weighted by atomic mass is 19.1. The fraction of sp³-hybridized carbons (Fsp3) is 0.583. The molecule has 4 saturated heterocycles. The molecule has 4 aliphatic heterocycles. The Labute approximate surface area is 445 Å². The first-order valence-corrected chi connectivity index (χ1v) is 28.6. The highest BCUT2D eigenvalue weighted by Crippen LogP contribution is 2.65. The molecule has 8 aliphatic rings. The van der Waals surface area contributed by atoms with E-state index in [9.17, 15) is 28.8 Å². The van der Waals surface area contributed by atoms with Crippen LogP contribution in [0.2, 0.25) is 0 Å². The molecule has 2 N–H and O–H groups in total. The Kier molecular flexibility index (Phi) is 15.2. The Morgan fingerprint density at radius 3 is 2.16 bits per heavy atom. The maximum absolute atomic E-state index is 15.2. The molecule has 0 radical (unpaired) electrons. The van der Waals surface area contributed by atoms with E-state index in [1.54, 1.807) is 29.2 Å². The molecule has 8 fully saturated rings. The van der Waals surface area contributed by atoms with Gasteiger partial charge in [0.05, 0.1) is 28.6 Å². The molecule has 1 aromatic heterocycles. The molecule has 12 rings (SSSR count). The number of carbonyl (C=O) groups excluding carboxylic acids is 5. The van der Waals surface area contributed by atoms with Crippen molar-refractivity contribution in [3.63, 3.8) is 0 Å². The lowest BCUT2D eigenvalue weighted by molar-refractivity contribution is -0.178. The molecule has 0 spiro atoms. The number of piperazine rings is 2. The van der Waals surface area contributed by atoms with E-state index in [0.29, 0.717) is 85.1 Å².